The average molecular weight is 203 g/mol. The summed E-state index contributed by atoms with van der Waals surface area (Å²) in [5, 5.41) is 3.98. The van der Waals surface area contributed by atoms with E-state index in [0.717, 1.165) is 28.9 Å². The molecule has 0 saturated heterocycles. The molecule has 0 atom stereocenters. The number of nitrogens with two attached hydrogens (primary N) is 1. The number of aromatic nitrogens is 2. The van der Waals surface area contributed by atoms with Crippen LogP contribution in [-0.4, -0.2) is 10.1 Å². The largest absolute Gasteiger partial charge is 0.367 e. The molecule has 15 heavy (non-hydrogen) atoms. The van der Waals surface area contributed by atoms with Crippen LogP contribution in [-0.2, 0) is 6.42 Å². The molecule has 0 saturated carbocycles. The number of nitrogen functional groups attached to an aromatic ring is 1. The molecule has 4 heteroatoms. The number of nitrogens with zero attached hydrogens (tertiary/aromatic N) is 2. The van der Waals surface area contributed by atoms with E-state index in [2.05, 4.69) is 10.1 Å². The van der Waals surface area contributed by atoms with Crippen LogP contribution in [0.4, 0.5) is 5.88 Å². The van der Waals surface area contributed by atoms with Gasteiger partial charge in [-0.05, 0) is 25.5 Å². The van der Waals surface area contributed by atoms with Crippen molar-refractivity contribution in [2.75, 3.05) is 5.73 Å². The Kier molecular flexibility index (Phi) is 2.41. The first-order valence-corrected chi connectivity index (χ1v) is 4.90. The second kappa shape index (κ2) is 3.73. The molecular weight excluding hydrogens is 190 g/mol. The molecule has 0 aliphatic carbocycles. The standard InChI is InChI=1S/C11H13N3O/c1-3-8-10(14-15-11(8)12)9-5-4-6-13-7(9)2/h4-6H,3,12H2,1-2H3. The fourth-order valence-electron chi connectivity index (χ4n) is 1.61. The van der Waals surface area contributed by atoms with Gasteiger partial charge in [0, 0.05) is 23.0 Å². The lowest BCUT2D eigenvalue weighted by molar-refractivity contribution is 0.438. The summed E-state index contributed by atoms with van der Waals surface area (Å²) in [5.41, 5.74) is 9.36. The van der Waals surface area contributed by atoms with Gasteiger partial charge in [0.05, 0.1) is 0 Å². The number of aryl methyl sites for hydroxylation is 1. The Bertz CT molecular complexity index is 476. The summed E-state index contributed by atoms with van der Waals surface area (Å²) < 4.78 is 5.00. The van der Waals surface area contributed by atoms with Crippen LogP contribution < -0.4 is 5.73 Å². The molecule has 0 aliphatic heterocycles. The van der Waals surface area contributed by atoms with Crippen LogP contribution in [0.25, 0.3) is 11.3 Å². The van der Waals surface area contributed by atoms with Gasteiger partial charge in [-0.3, -0.25) is 4.98 Å². The maximum absolute atomic E-state index is 5.69. The first-order chi connectivity index (χ1) is 7.24. The van der Waals surface area contributed by atoms with Gasteiger partial charge in [0.2, 0.25) is 5.88 Å². The minimum atomic E-state index is 0.399. The van der Waals surface area contributed by atoms with Crippen LogP contribution in [0.1, 0.15) is 18.2 Å². The smallest absolute Gasteiger partial charge is 0.225 e. The third kappa shape index (κ3) is 1.58. The van der Waals surface area contributed by atoms with E-state index in [1.165, 1.54) is 0 Å². The average Bonchev–Trinajstić information content (AvgIpc) is 2.60. The SMILES string of the molecule is CCc1c(-c2cccnc2C)noc1N. The van der Waals surface area contributed by atoms with Crippen molar-refractivity contribution < 1.29 is 4.52 Å². The topological polar surface area (TPSA) is 64.9 Å². The number of pyridine rings is 1. The monoisotopic (exact) mass is 203 g/mol. The molecule has 0 amide bonds. The van der Waals surface area contributed by atoms with Crippen molar-refractivity contribution in [2.45, 2.75) is 20.3 Å². The Labute approximate surface area is 88.1 Å². The highest BCUT2D eigenvalue weighted by Gasteiger charge is 2.15. The van der Waals surface area contributed by atoms with E-state index in [9.17, 15) is 0 Å². The molecule has 2 aromatic heterocycles. The molecule has 0 aromatic carbocycles. The summed E-state index contributed by atoms with van der Waals surface area (Å²) in [6.45, 7) is 3.97. The molecular formula is C11H13N3O. The lowest BCUT2D eigenvalue weighted by atomic mass is 10.1. The second-order valence-electron chi connectivity index (χ2n) is 3.36. The molecule has 0 spiro atoms. The number of hydrogen-bond acceptors (Lipinski definition) is 4. The first kappa shape index (κ1) is 9.71. The van der Waals surface area contributed by atoms with Crippen LogP contribution >= 0.6 is 0 Å². The van der Waals surface area contributed by atoms with Crippen LogP contribution in [0.2, 0.25) is 0 Å². The van der Waals surface area contributed by atoms with Gasteiger partial charge in [0.25, 0.3) is 0 Å². The van der Waals surface area contributed by atoms with E-state index in [4.69, 9.17) is 10.3 Å². The molecule has 2 aromatic rings. The molecule has 0 unspecified atom stereocenters. The van der Waals surface area contributed by atoms with Gasteiger partial charge in [-0.2, -0.15) is 0 Å². The third-order valence-electron chi connectivity index (χ3n) is 2.43. The fourth-order valence-corrected chi connectivity index (χ4v) is 1.61. The van der Waals surface area contributed by atoms with Gasteiger partial charge in [-0.15, -0.1) is 0 Å². The van der Waals surface area contributed by atoms with Gasteiger partial charge in [-0.1, -0.05) is 12.1 Å². The maximum Gasteiger partial charge on any atom is 0.225 e. The van der Waals surface area contributed by atoms with Gasteiger partial charge >= 0.3 is 0 Å². The molecule has 2 rings (SSSR count). The van der Waals surface area contributed by atoms with Crippen LogP contribution in [0.5, 0.6) is 0 Å². The van der Waals surface area contributed by atoms with Crippen molar-refractivity contribution in [1.29, 1.82) is 0 Å². The van der Waals surface area contributed by atoms with Gasteiger partial charge in [0.1, 0.15) is 5.69 Å². The van der Waals surface area contributed by atoms with Gasteiger partial charge in [0.15, 0.2) is 0 Å². The lowest BCUT2D eigenvalue weighted by Crippen LogP contribution is -1.92. The highest BCUT2D eigenvalue weighted by Crippen LogP contribution is 2.28. The van der Waals surface area contributed by atoms with E-state index in [1.807, 2.05) is 26.0 Å². The Morgan fingerprint density at radius 3 is 2.93 bits per heavy atom. The van der Waals surface area contributed by atoms with Gasteiger partial charge in [-0.25, -0.2) is 0 Å². The predicted molar refractivity (Wildman–Crippen MR) is 58.3 cm³/mol. The van der Waals surface area contributed by atoms with Crippen molar-refractivity contribution in [1.82, 2.24) is 10.1 Å². The third-order valence-corrected chi connectivity index (χ3v) is 2.43. The van der Waals surface area contributed by atoms with E-state index in [0.29, 0.717) is 5.88 Å². The molecule has 2 N–H and O–H groups in total. The molecule has 0 aliphatic rings. The summed E-state index contributed by atoms with van der Waals surface area (Å²) in [5.74, 6) is 0.399. The maximum atomic E-state index is 5.69. The Balaban J connectivity index is 2.59. The van der Waals surface area contributed by atoms with E-state index in [1.54, 1.807) is 6.20 Å². The Morgan fingerprint density at radius 1 is 1.47 bits per heavy atom. The van der Waals surface area contributed by atoms with E-state index < -0.39 is 0 Å². The first-order valence-electron chi connectivity index (χ1n) is 4.90. The van der Waals surface area contributed by atoms with Crippen molar-refractivity contribution in [3.05, 3.63) is 29.6 Å². The molecule has 78 valence electrons. The summed E-state index contributed by atoms with van der Waals surface area (Å²) in [4.78, 5) is 4.22. The van der Waals surface area contributed by atoms with Crippen molar-refractivity contribution in [3.63, 3.8) is 0 Å². The predicted octanol–water partition coefficient (Wildman–Crippen LogP) is 2.19. The minimum Gasteiger partial charge on any atom is -0.367 e. The highest BCUT2D eigenvalue weighted by atomic mass is 16.5. The normalized spacial score (nSPS) is 10.5. The lowest BCUT2D eigenvalue weighted by Gasteiger charge is -2.01. The fraction of sp³-hybridized carbons (Fsp3) is 0.273. The van der Waals surface area contributed by atoms with Crippen molar-refractivity contribution in [2.24, 2.45) is 0 Å². The molecule has 4 nitrogen and oxygen atoms in total. The van der Waals surface area contributed by atoms with Crippen LogP contribution in [0.3, 0.4) is 0 Å². The quantitative estimate of drug-likeness (QED) is 0.812. The molecule has 0 fully saturated rings. The van der Waals surface area contributed by atoms with Crippen molar-refractivity contribution in [3.8, 4) is 11.3 Å². The molecule has 0 bridgehead atoms. The zero-order valence-corrected chi connectivity index (χ0v) is 8.82. The number of hydrogen-bond donors (Lipinski definition) is 1. The minimum absolute atomic E-state index is 0.399. The molecule has 2 heterocycles. The summed E-state index contributed by atoms with van der Waals surface area (Å²) >= 11 is 0. The van der Waals surface area contributed by atoms with E-state index in [-0.39, 0.29) is 0 Å². The van der Waals surface area contributed by atoms with E-state index >= 15 is 0 Å². The Morgan fingerprint density at radius 2 is 2.27 bits per heavy atom. The zero-order chi connectivity index (χ0) is 10.8. The van der Waals surface area contributed by atoms with Gasteiger partial charge < -0.3 is 10.3 Å². The number of rotatable bonds is 2. The zero-order valence-electron chi connectivity index (χ0n) is 8.82. The summed E-state index contributed by atoms with van der Waals surface area (Å²) in [6.07, 6.45) is 2.56. The number of anilines is 1. The Hall–Kier alpha value is -1.84. The highest BCUT2D eigenvalue weighted by molar-refractivity contribution is 5.68. The second-order valence-corrected chi connectivity index (χ2v) is 3.36. The summed E-state index contributed by atoms with van der Waals surface area (Å²) in [6, 6.07) is 3.85. The van der Waals surface area contributed by atoms with Crippen LogP contribution in [0, 0.1) is 6.92 Å². The summed E-state index contributed by atoms with van der Waals surface area (Å²) in [7, 11) is 0. The molecule has 0 radical (unpaired) electrons. The van der Waals surface area contributed by atoms with Crippen LogP contribution in [0.15, 0.2) is 22.9 Å². The van der Waals surface area contributed by atoms with Crippen molar-refractivity contribution >= 4 is 5.88 Å².